The lowest BCUT2D eigenvalue weighted by atomic mass is 9.85. The zero-order chi connectivity index (χ0) is 22.8. The van der Waals surface area contributed by atoms with Crippen LogP contribution in [0.25, 0.3) is 5.69 Å². The summed E-state index contributed by atoms with van der Waals surface area (Å²) in [5.74, 6) is -0.808. The Balaban J connectivity index is 1.91. The molecule has 32 heavy (non-hydrogen) atoms. The molecule has 1 heterocycles. The molecule has 0 unspecified atom stereocenters. The molecule has 2 aromatic carbocycles. The van der Waals surface area contributed by atoms with Gasteiger partial charge >= 0.3 is 17.1 Å². The van der Waals surface area contributed by atoms with Crippen LogP contribution in [0.5, 0.6) is 5.75 Å². The van der Waals surface area contributed by atoms with Crippen LogP contribution in [0.2, 0.25) is 0 Å². The number of nitrogens with two attached hydrogens (primary N) is 1. The SMILES string of the molecule is COc1cccc(-n2c(=O)n(CC3CCC3)c(=O)n(C[C@H](N)c3ccccc3)c2=O)c1F. The van der Waals surface area contributed by atoms with Gasteiger partial charge in [-0.2, -0.15) is 0 Å². The Morgan fingerprint density at radius 2 is 1.69 bits per heavy atom. The Hall–Kier alpha value is -3.46. The summed E-state index contributed by atoms with van der Waals surface area (Å²) in [7, 11) is 1.29. The standard InChI is InChI=1S/C23H25FN4O4/c1-32-19-12-6-11-18(20(19)24)28-22(30)26(13-15-7-5-8-15)21(29)27(23(28)31)14-17(25)16-9-3-2-4-10-16/h2-4,6,9-12,15,17H,5,7-8,13-14,25H2,1H3/t17-/m0/s1. The molecule has 1 fully saturated rings. The van der Waals surface area contributed by atoms with Gasteiger partial charge in [0, 0.05) is 12.6 Å². The van der Waals surface area contributed by atoms with Gasteiger partial charge < -0.3 is 10.5 Å². The van der Waals surface area contributed by atoms with Gasteiger partial charge in [0.2, 0.25) is 0 Å². The molecule has 0 spiro atoms. The summed E-state index contributed by atoms with van der Waals surface area (Å²) in [6.07, 6.45) is 2.81. The second kappa shape index (κ2) is 8.96. The highest BCUT2D eigenvalue weighted by Gasteiger charge is 2.25. The lowest BCUT2D eigenvalue weighted by Gasteiger charge is -2.26. The molecule has 4 rings (SSSR count). The fraction of sp³-hybridized carbons (Fsp3) is 0.348. The fourth-order valence-electron chi connectivity index (χ4n) is 3.92. The minimum atomic E-state index is -0.941. The summed E-state index contributed by atoms with van der Waals surface area (Å²) in [6.45, 7) is 0.0162. The first-order valence-corrected chi connectivity index (χ1v) is 10.5. The van der Waals surface area contributed by atoms with E-state index in [1.54, 1.807) is 24.3 Å². The van der Waals surface area contributed by atoms with E-state index in [4.69, 9.17) is 10.5 Å². The quantitative estimate of drug-likeness (QED) is 0.604. The molecule has 1 saturated carbocycles. The van der Waals surface area contributed by atoms with Gasteiger partial charge in [-0.05, 0) is 36.5 Å². The van der Waals surface area contributed by atoms with Crippen molar-refractivity contribution in [3.05, 3.63) is 91.4 Å². The fourth-order valence-corrected chi connectivity index (χ4v) is 3.92. The number of hydrogen-bond acceptors (Lipinski definition) is 5. The molecular weight excluding hydrogens is 415 g/mol. The van der Waals surface area contributed by atoms with E-state index in [1.165, 1.54) is 25.3 Å². The number of methoxy groups -OCH3 is 1. The van der Waals surface area contributed by atoms with Crippen LogP contribution in [0.3, 0.4) is 0 Å². The number of benzene rings is 2. The minimum Gasteiger partial charge on any atom is -0.494 e. The summed E-state index contributed by atoms with van der Waals surface area (Å²) in [4.78, 5) is 39.7. The van der Waals surface area contributed by atoms with Gasteiger partial charge in [-0.15, -0.1) is 0 Å². The van der Waals surface area contributed by atoms with E-state index in [0.29, 0.717) is 4.57 Å². The molecular formula is C23H25FN4O4. The van der Waals surface area contributed by atoms with Crippen molar-refractivity contribution in [1.82, 2.24) is 13.7 Å². The number of hydrogen-bond donors (Lipinski definition) is 1. The average molecular weight is 440 g/mol. The first kappa shape index (κ1) is 21.8. The van der Waals surface area contributed by atoms with Crippen molar-refractivity contribution < 1.29 is 9.13 Å². The van der Waals surface area contributed by atoms with Crippen molar-refractivity contribution in [2.75, 3.05) is 7.11 Å². The van der Waals surface area contributed by atoms with Crippen LogP contribution in [0.15, 0.2) is 62.9 Å². The van der Waals surface area contributed by atoms with Crippen LogP contribution in [0, 0.1) is 11.7 Å². The Morgan fingerprint density at radius 1 is 1.00 bits per heavy atom. The maximum atomic E-state index is 15.0. The van der Waals surface area contributed by atoms with E-state index in [9.17, 15) is 14.4 Å². The van der Waals surface area contributed by atoms with Crippen LogP contribution in [0.4, 0.5) is 4.39 Å². The monoisotopic (exact) mass is 440 g/mol. The number of halogens is 1. The Morgan fingerprint density at radius 3 is 2.31 bits per heavy atom. The van der Waals surface area contributed by atoms with Gasteiger partial charge in [-0.3, -0.25) is 0 Å². The van der Waals surface area contributed by atoms with E-state index in [-0.39, 0.29) is 30.4 Å². The predicted octanol–water partition coefficient (Wildman–Crippen LogP) is 1.81. The van der Waals surface area contributed by atoms with Crippen LogP contribution >= 0.6 is 0 Å². The van der Waals surface area contributed by atoms with Gasteiger partial charge in [-0.1, -0.05) is 42.8 Å². The molecule has 3 aromatic rings. The predicted molar refractivity (Wildman–Crippen MR) is 118 cm³/mol. The molecule has 0 saturated heterocycles. The van der Waals surface area contributed by atoms with Crippen molar-refractivity contribution in [3.63, 3.8) is 0 Å². The van der Waals surface area contributed by atoms with Crippen molar-refractivity contribution in [2.45, 2.75) is 38.4 Å². The van der Waals surface area contributed by atoms with Gasteiger partial charge in [0.05, 0.1) is 19.3 Å². The Labute approximate surface area is 183 Å². The summed E-state index contributed by atoms with van der Waals surface area (Å²) in [5.41, 5.74) is 4.17. The minimum absolute atomic E-state index is 0.113. The highest BCUT2D eigenvalue weighted by molar-refractivity contribution is 5.41. The summed E-state index contributed by atoms with van der Waals surface area (Å²) in [6, 6.07) is 12.5. The normalized spacial score (nSPS) is 14.7. The topological polar surface area (TPSA) is 101 Å². The van der Waals surface area contributed by atoms with Crippen LogP contribution in [-0.4, -0.2) is 20.8 Å². The molecule has 168 valence electrons. The van der Waals surface area contributed by atoms with E-state index in [2.05, 4.69) is 0 Å². The maximum Gasteiger partial charge on any atom is 0.341 e. The number of nitrogens with zero attached hydrogens (tertiary/aromatic N) is 3. The summed E-state index contributed by atoms with van der Waals surface area (Å²) >= 11 is 0. The molecule has 8 nitrogen and oxygen atoms in total. The number of ether oxygens (including phenoxy) is 1. The van der Waals surface area contributed by atoms with Gasteiger partial charge in [0.1, 0.15) is 0 Å². The van der Waals surface area contributed by atoms with E-state index < -0.39 is 28.9 Å². The highest BCUT2D eigenvalue weighted by Crippen LogP contribution is 2.27. The van der Waals surface area contributed by atoms with E-state index >= 15 is 4.39 Å². The maximum absolute atomic E-state index is 15.0. The molecule has 2 N–H and O–H groups in total. The lowest BCUT2D eigenvalue weighted by Crippen LogP contribution is -2.55. The molecule has 0 amide bonds. The largest absolute Gasteiger partial charge is 0.494 e. The number of aromatic nitrogens is 3. The third kappa shape index (κ3) is 3.91. The highest BCUT2D eigenvalue weighted by atomic mass is 19.1. The van der Waals surface area contributed by atoms with Gasteiger partial charge in [0.15, 0.2) is 11.6 Å². The molecule has 0 aliphatic heterocycles. The summed E-state index contributed by atoms with van der Waals surface area (Å²) in [5, 5.41) is 0. The molecule has 1 aliphatic carbocycles. The third-order valence-electron chi connectivity index (χ3n) is 5.98. The molecule has 0 radical (unpaired) electrons. The number of rotatable bonds is 7. The first-order valence-electron chi connectivity index (χ1n) is 10.5. The zero-order valence-electron chi connectivity index (χ0n) is 17.7. The van der Waals surface area contributed by atoms with Crippen LogP contribution in [0.1, 0.15) is 30.9 Å². The van der Waals surface area contributed by atoms with Gasteiger partial charge in [-0.25, -0.2) is 32.5 Å². The molecule has 1 aromatic heterocycles. The van der Waals surface area contributed by atoms with Crippen molar-refractivity contribution in [2.24, 2.45) is 11.7 Å². The van der Waals surface area contributed by atoms with Gasteiger partial charge in [0.25, 0.3) is 0 Å². The van der Waals surface area contributed by atoms with E-state index in [1.807, 2.05) is 6.07 Å². The molecule has 0 bridgehead atoms. The van der Waals surface area contributed by atoms with Crippen LogP contribution < -0.4 is 27.5 Å². The second-order valence-corrected chi connectivity index (χ2v) is 8.01. The third-order valence-corrected chi connectivity index (χ3v) is 5.98. The lowest BCUT2D eigenvalue weighted by molar-refractivity contribution is 0.261. The van der Waals surface area contributed by atoms with Crippen LogP contribution in [-0.2, 0) is 13.1 Å². The smallest absolute Gasteiger partial charge is 0.341 e. The van der Waals surface area contributed by atoms with E-state index in [0.717, 1.165) is 34.0 Å². The average Bonchev–Trinajstić information content (AvgIpc) is 2.77. The summed E-state index contributed by atoms with van der Waals surface area (Å²) < 4.78 is 22.6. The zero-order valence-corrected chi connectivity index (χ0v) is 17.7. The molecule has 1 aliphatic rings. The van der Waals surface area contributed by atoms with Crippen molar-refractivity contribution >= 4 is 0 Å². The first-order chi connectivity index (χ1) is 15.4. The molecule has 1 atom stereocenters. The van der Waals surface area contributed by atoms with Crippen molar-refractivity contribution in [3.8, 4) is 11.4 Å². The molecule has 9 heteroatoms. The second-order valence-electron chi connectivity index (χ2n) is 8.01. The Bertz CT molecular complexity index is 1290. The Kier molecular flexibility index (Phi) is 6.09. The van der Waals surface area contributed by atoms with Crippen molar-refractivity contribution in [1.29, 1.82) is 0 Å².